The van der Waals surface area contributed by atoms with Crippen LogP contribution in [0.1, 0.15) is 43.2 Å². The number of phenolic OH excluding ortho intramolecular Hbond substituents is 1. The maximum absolute atomic E-state index is 13.6. The summed E-state index contributed by atoms with van der Waals surface area (Å²) in [5.74, 6) is 0.0653. The van der Waals surface area contributed by atoms with E-state index in [1.807, 2.05) is 29.2 Å². The molecule has 2 fully saturated rings. The second kappa shape index (κ2) is 12.3. The van der Waals surface area contributed by atoms with Gasteiger partial charge in [0, 0.05) is 55.8 Å². The van der Waals surface area contributed by atoms with E-state index < -0.39 is 16.2 Å². The minimum absolute atomic E-state index is 0.000944. The average molecular weight is 643 g/mol. The number of para-hydroxylation sites is 1. The highest BCUT2D eigenvalue weighted by Gasteiger charge is 2.61. The van der Waals surface area contributed by atoms with Crippen LogP contribution in [0.3, 0.4) is 0 Å². The molecule has 0 aromatic heterocycles. The number of carboxylic acid groups (broad SMARTS) is 1. The molecule has 3 atom stereocenters. The predicted molar refractivity (Wildman–Crippen MR) is 161 cm³/mol. The number of phenols is 1. The fraction of sp³-hybridized carbons (Fsp3) is 0.516. The van der Waals surface area contributed by atoms with Gasteiger partial charge in [0.15, 0.2) is 5.66 Å². The minimum Gasteiger partial charge on any atom is -0.507 e. The first kappa shape index (κ1) is 30.5. The van der Waals surface area contributed by atoms with E-state index >= 15 is 0 Å². The number of piperidine rings is 2. The Kier molecular flexibility index (Phi) is 8.94. The van der Waals surface area contributed by atoms with Gasteiger partial charge in [0.2, 0.25) is 0 Å². The van der Waals surface area contributed by atoms with Crippen molar-refractivity contribution < 1.29 is 29.1 Å². The van der Waals surface area contributed by atoms with Crippen LogP contribution in [0.2, 0.25) is 0 Å². The van der Waals surface area contributed by atoms with Crippen molar-refractivity contribution in [2.24, 2.45) is 0 Å². The number of urea groups is 1. The number of rotatable bonds is 7. The molecule has 3 amide bonds. The fourth-order valence-electron chi connectivity index (χ4n) is 7.47. The normalized spacial score (nSPS) is 27.3. The molecular formula is C31H40BrN5O5. The zero-order valence-electron chi connectivity index (χ0n) is 24.3. The van der Waals surface area contributed by atoms with E-state index in [1.54, 1.807) is 18.2 Å². The number of hydrogen-bond donors (Lipinski definition) is 2. The van der Waals surface area contributed by atoms with Crippen molar-refractivity contribution in [1.29, 1.82) is 0 Å². The van der Waals surface area contributed by atoms with E-state index in [-0.39, 0.29) is 37.3 Å². The Morgan fingerprint density at radius 2 is 1.93 bits per heavy atom. The largest absolute Gasteiger partial charge is 0.507 e. The van der Waals surface area contributed by atoms with E-state index in [1.165, 1.54) is 0 Å². The van der Waals surface area contributed by atoms with Gasteiger partial charge in [-0.3, -0.25) is 9.38 Å². The van der Waals surface area contributed by atoms with E-state index in [2.05, 4.69) is 45.1 Å². The number of quaternary nitrogens is 1. The summed E-state index contributed by atoms with van der Waals surface area (Å²) in [6.07, 6.45) is 2.75. The van der Waals surface area contributed by atoms with Gasteiger partial charge in [-0.25, -0.2) is 4.79 Å². The first-order valence-corrected chi connectivity index (χ1v) is 15.5. The van der Waals surface area contributed by atoms with E-state index in [0.29, 0.717) is 55.0 Å². The van der Waals surface area contributed by atoms with Crippen LogP contribution in [0.25, 0.3) is 0 Å². The number of carbonyl (C=O) groups excluding carboxylic acids is 3. The van der Waals surface area contributed by atoms with Crippen molar-refractivity contribution in [1.82, 2.24) is 14.7 Å². The van der Waals surface area contributed by atoms with Crippen LogP contribution < -0.4 is 10.4 Å². The van der Waals surface area contributed by atoms with Gasteiger partial charge in [0.1, 0.15) is 18.6 Å². The maximum Gasteiger partial charge on any atom is 0.322 e. The zero-order chi connectivity index (χ0) is 30.1. The highest BCUT2D eigenvalue weighted by atomic mass is 79.9. The Hall–Kier alpha value is -2.99. The van der Waals surface area contributed by atoms with Crippen LogP contribution in [-0.4, -0.2) is 101 Å². The number of amides is 3. The van der Waals surface area contributed by atoms with Gasteiger partial charge in [-0.2, -0.15) is 0 Å². The van der Waals surface area contributed by atoms with Gasteiger partial charge >= 0.3 is 6.03 Å². The first-order chi connectivity index (χ1) is 20.1. The molecule has 5 rings (SSSR count). The lowest BCUT2D eigenvalue weighted by molar-refractivity contribution is -0.956. The van der Waals surface area contributed by atoms with Gasteiger partial charge < -0.3 is 34.9 Å². The molecule has 0 aliphatic carbocycles. The number of halogens is 1. The molecule has 0 bridgehead atoms. The van der Waals surface area contributed by atoms with E-state index in [9.17, 15) is 24.6 Å². The summed E-state index contributed by atoms with van der Waals surface area (Å²) in [6.45, 7) is 2.06. The number of aromatic hydroxyl groups is 1. The van der Waals surface area contributed by atoms with Gasteiger partial charge in [0.25, 0.3) is 6.09 Å². The molecular weight excluding hydrogens is 602 g/mol. The van der Waals surface area contributed by atoms with Crippen molar-refractivity contribution in [2.75, 3.05) is 45.6 Å². The molecule has 11 heteroatoms. The van der Waals surface area contributed by atoms with Crippen LogP contribution in [0.15, 0.2) is 46.9 Å². The van der Waals surface area contributed by atoms with Crippen molar-refractivity contribution in [3.05, 3.63) is 58.1 Å². The van der Waals surface area contributed by atoms with Crippen molar-refractivity contribution in [2.45, 2.75) is 62.8 Å². The SMILES string of the molecule is CN(C)C1CCN(C2(CC=O)CC(N3CCc4ccccc4NC3=O)CC[N@+]2(Cc2ccc(O)c(Br)c2)C(=O)[O-])CC1. The van der Waals surface area contributed by atoms with Crippen LogP contribution >= 0.6 is 15.9 Å². The van der Waals surface area contributed by atoms with Gasteiger partial charge in [-0.1, -0.05) is 18.2 Å². The number of anilines is 1. The van der Waals surface area contributed by atoms with Gasteiger partial charge in [-0.15, -0.1) is 0 Å². The summed E-state index contributed by atoms with van der Waals surface area (Å²) in [5.41, 5.74) is 1.45. The smallest absolute Gasteiger partial charge is 0.322 e. The molecule has 2 aromatic rings. The summed E-state index contributed by atoms with van der Waals surface area (Å²) in [5, 5.41) is 26.6. The first-order valence-electron chi connectivity index (χ1n) is 14.7. The molecule has 3 heterocycles. The number of hydrogen-bond acceptors (Lipinski definition) is 7. The third-order valence-corrected chi connectivity index (χ3v) is 10.4. The molecule has 0 spiro atoms. The maximum atomic E-state index is 13.6. The van der Waals surface area contributed by atoms with Crippen LogP contribution in [0.5, 0.6) is 5.75 Å². The number of fused-ring (bicyclic) bond motifs is 1. The Bertz CT molecular complexity index is 1330. The van der Waals surface area contributed by atoms with Crippen LogP contribution in [-0.2, 0) is 17.8 Å². The van der Waals surface area contributed by atoms with E-state index in [0.717, 1.165) is 30.4 Å². The Morgan fingerprint density at radius 3 is 2.60 bits per heavy atom. The second-order valence-electron chi connectivity index (χ2n) is 12.1. The molecule has 3 aliphatic heterocycles. The Balaban J connectivity index is 1.55. The highest BCUT2D eigenvalue weighted by molar-refractivity contribution is 9.10. The molecule has 2 aromatic carbocycles. The van der Waals surface area contributed by atoms with E-state index in [4.69, 9.17) is 0 Å². The zero-order valence-corrected chi connectivity index (χ0v) is 25.9. The molecule has 2 unspecified atom stereocenters. The summed E-state index contributed by atoms with van der Waals surface area (Å²) in [6, 6.07) is 12.7. The lowest BCUT2D eigenvalue weighted by atomic mass is 9.81. The lowest BCUT2D eigenvalue weighted by Crippen LogP contribution is -2.80. The summed E-state index contributed by atoms with van der Waals surface area (Å²) in [7, 11) is 4.11. The number of aldehydes is 1. The van der Waals surface area contributed by atoms with Crippen molar-refractivity contribution in [3.8, 4) is 5.75 Å². The van der Waals surface area contributed by atoms with Crippen molar-refractivity contribution in [3.63, 3.8) is 0 Å². The number of benzene rings is 2. The summed E-state index contributed by atoms with van der Waals surface area (Å²) in [4.78, 5) is 45.8. The molecule has 0 radical (unpaired) electrons. The summed E-state index contributed by atoms with van der Waals surface area (Å²) >= 11 is 3.37. The molecule has 2 N–H and O–H groups in total. The Morgan fingerprint density at radius 1 is 1.19 bits per heavy atom. The number of carbonyl (C=O) groups is 3. The number of likely N-dealkylation sites (tertiary alicyclic amines) is 2. The quantitative estimate of drug-likeness (QED) is 0.352. The fourth-order valence-corrected chi connectivity index (χ4v) is 7.89. The molecule has 0 saturated carbocycles. The van der Waals surface area contributed by atoms with Crippen molar-refractivity contribution >= 4 is 40.0 Å². The third kappa shape index (κ3) is 5.55. The Labute approximate surface area is 255 Å². The van der Waals surface area contributed by atoms with Crippen LogP contribution in [0, 0.1) is 0 Å². The number of nitrogens with one attached hydrogen (secondary N) is 1. The lowest BCUT2D eigenvalue weighted by Gasteiger charge is -2.61. The molecule has 226 valence electrons. The molecule has 42 heavy (non-hydrogen) atoms. The monoisotopic (exact) mass is 641 g/mol. The predicted octanol–water partition coefficient (Wildman–Crippen LogP) is 3.38. The molecule has 10 nitrogen and oxygen atoms in total. The minimum atomic E-state index is -1.23. The third-order valence-electron chi connectivity index (χ3n) is 9.79. The van der Waals surface area contributed by atoms with Gasteiger partial charge in [0.05, 0.1) is 17.4 Å². The number of nitrogens with zero attached hydrogens (tertiary/aromatic N) is 4. The highest BCUT2D eigenvalue weighted by Crippen LogP contribution is 2.45. The second-order valence-corrected chi connectivity index (χ2v) is 13.0. The average Bonchev–Trinajstić information content (AvgIpc) is 3.14. The summed E-state index contributed by atoms with van der Waals surface area (Å²) < 4.78 is 0.0295. The molecule has 3 aliphatic rings. The topological polar surface area (TPSA) is 116 Å². The molecule has 2 saturated heterocycles. The van der Waals surface area contributed by atoms with Crippen LogP contribution in [0.4, 0.5) is 15.3 Å². The standard InChI is InChI=1S/C31H40BrN5O5/c1-34(2)24-10-14-35(15-11-24)31(13-18-38)20-25(36-16-9-23-5-3-4-6-27(23)33-29(36)40)12-17-37(31,30(41)42)21-22-7-8-28(39)26(32)19-22/h3-8,18-19,24-25H,9-17,20-21H2,1-2H3,(H2-,33,39,40,41,42)/t25?,31?,37-/m0/s1. The van der Waals surface area contributed by atoms with Gasteiger partial charge in [-0.05, 0) is 79.1 Å².